The first-order valence-corrected chi connectivity index (χ1v) is 12.4. The third-order valence-corrected chi connectivity index (χ3v) is 10.1. The molecule has 2 amide bonds. The second kappa shape index (κ2) is 8.38. The molecule has 3 saturated heterocycles. The van der Waals surface area contributed by atoms with E-state index >= 15 is 0 Å². The molecule has 1 spiro atoms. The number of alkyl halides is 1. The van der Waals surface area contributed by atoms with Crippen molar-refractivity contribution in [2.45, 2.75) is 72.4 Å². The number of thioether (sulfide) groups is 1. The molecule has 7 nitrogen and oxygen atoms in total. The van der Waals surface area contributed by atoms with E-state index in [9.17, 15) is 19.5 Å². The van der Waals surface area contributed by atoms with Crippen LogP contribution in [0.4, 0.5) is 0 Å². The summed E-state index contributed by atoms with van der Waals surface area (Å²) in [4.78, 5) is 41.1. The Morgan fingerprint density at radius 1 is 1.34 bits per heavy atom. The highest BCUT2D eigenvalue weighted by atomic mass is 79.9. The number of hydrogen-bond acceptors (Lipinski definition) is 6. The molecule has 1 saturated carbocycles. The summed E-state index contributed by atoms with van der Waals surface area (Å²) in [6, 6.07) is -0.523. The molecule has 0 aromatic carbocycles. The van der Waals surface area contributed by atoms with Crippen LogP contribution in [0.2, 0.25) is 0 Å². The van der Waals surface area contributed by atoms with Crippen molar-refractivity contribution >= 4 is 45.5 Å². The fraction of sp³-hybridized carbons (Fsp3) is 0.850. The van der Waals surface area contributed by atoms with Crippen molar-refractivity contribution < 1.29 is 24.2 Å². The Balaban J connectivity index is 1.65. The monoisotopic (exact) mass is 488 g/mol. The third-order valence-electron chi connectivity index (χ3n) is 6.89. The van der Waals surface area contributed by atoms with Gasteiger partial charge in [0.05, 0.1) is 29.8 Å². The maximum absolute atomic E-state index is 13.4. The van der Waals surface area contributed by atoms with E-state index in [0.29, 0.717) is 6.42 Å². The van der Waals surface area contributed by atoms with Crippen LogP contribution < -0.4 is 5.32 Å². The van der Waals surface area contributed by atoms with Gasteiger partial charge in [-0.1, -0.05) is 35.2 Å². The molecule has 0 aromatic heterocycles. The Kier molecular flexibility index (Phi) is 6.19. The molecule has 3 heterocycles. The fourth-order valence-electron chi connectivity index (χ4n) is 5.81. The van der Waals surface area contributed by atoms with Crippen LogP contribution >= 0.6 is 27.7 Å². The standard InChI is InChI=1S/C20H29BrN2O5S/c1-2-28-19(27)13-14-18(26)23(8-9-24)16(20(14)10-12(21)15(13)29-20)17(25)22-11-6-4-3-5-7-11/h11-16,24H,2-10H2,1H3,(H,22,25)/t12?,13-,14-,15-,16?,20?/m0/s1. The maximum Gasteiger partial charge on any atom is 0.310 e. The number of rotatable bonds is 6. The summed E-state index contributed by atoms with van der Waals surface area (Å²) in [7, 11) is 0. The van der Waals surface area contributed by atoms with Crippen molar-refractivity contribution in [3.63, 3.8) is 0 Å². The summed E-state index contributed by atoms with van der Waals surface area (Å²) < 4.78 is 4.65. The van der Waals surface area contributed by atoms with Gasteiger partial charge in [0, 0.05) is 22.7 Å². The zero-order valence-corrected chi connectivity index (χ0v) is 19.0. The van der Waals surface area contributed by atoms with E-state index in [0.717, 1.165) is 25.7 Å². The van der Waals surface area contributed by atoms with Crippen LogP contribution in [-0.4, -0.2) is 74.5 Å². The van der Waals surface area contributed by atoms with Gasteiger partial charge in [0.1, 0.15) is 6.04 Å². The minimum Gasteiger partial charge on any atom is -0.466 e. The molecule has 0 radical (unpaired) electrons. The van der Waals surface area contributed by atoms with Crippen LogP contribution in [-0.2, 0) is 19.1 Å². The molecule has 4 rings (SSSR count). The first-order valence-electron chi connectivity index (χ1n) is 10.6. The number of likely N-dealkylation sites (tertiary alicyclic amines) is 1. The normalized spacial score (nSPS) is 38.9. The van der Waals surface area contributed by atoms with E-state index in [4.69, 9.17) is 4.74 Å². The van der Waals surface area contributed by atoms with E-state index in [-0.39, 0.29) is 53.7 Å². The van der Waals surface area contributed by atoms with Gasteiger partial charge >= 0.3 is 5.97 Å². The van der Waals surface area contributed by atoms with Crippen molar-refractivity contribution in [2.24, 2.45) is 11.8 Å². The van der Waals surface area contributed by atoms with Gasteiger partial charge in [0.25, 0.3) is 0 Å². The second-order valence-corrected chi connectivity index (χ2v) is 11.2. The van der Waals surface area contributed by atoms with Crippen molar-refractivity contribution in [3.05, 3.63) is 0 Å². The lowest BCUT2D eigenvalue weighted by Gasteiger charge is -2.36. The zero-order valence-electron chi connectivity index (χ0n) is 16.6. The largest absolute Gasteiger partial charge is 0.466 e. The van der Waals surface area contributed by atoms with E-state index in [1.165, 1.54) is 11.3 Å². The summed E-state index contributed by atoms with van der Waals surface area (Å²) in [6.07, 6.45) is 5.98. The lowest BCUT2D eigenvalue weighted by atomic mass is 9.71. The predicted molar refractivity (Wildman–Crippen MR) is 113 cm³/mol. The highest BCUT2D eigenvalue weighted by Gasteiger charge is 2.75. The van der Waals surface area contributed by atoms with E-state index in [1.807, 2.05) is 0 Å². The average molecular weight is 489 g/mol. The molecule has 162 valence electrons. The smallest absolute Gasteiger partial charge is 0.310 e. The SMILES string of the molecule is CCOC(=O)[C@H]1[C@H]2C(=O)N(CCO)C(C(=O)NC3CCCCC3)C23CC(Br)[C@@H]1S3. The second-order valence-electron chi connectivity index (χ2n) is 8.51. The van der Waals surface area contributed by atoms with Crippen molar-refractivity contribution in [1.29, 1.82) is 0 Å². The Morgan fingerprint density at radius 2 is 2.07 bits per heavy atom. The van der Waals surface area contributed by atoms with E-state index in [2.05, 4.69) is 21.2 Å². The predicted octanol–water partition coefficient (Wildman–Crippen LogP) is 1.46. The van der Waals surface area contributed by atoms with Crippen molar-refractivity contribution in [2.75, 3.05) is 19.8 Å². The fourth-order valence-corrected chi connectivity index (χ4v) is 9.41. The number of halogens is 1. The number of aliphatic hydroxyl groups is 1. The van der Waals surface area contributed by atoms with E-state index in [1.54, 1.807) is 18.7 Å². The first kappa shape index (κ1) is 21.4. The number of aliphatic hydroxyl groups excluding tert-OH is 1. The van der Waals surface area contributed by atoms with Crippen LogP contribution in [0, 0.1) is 11.8 Å². The number of nitrogens with zero attached hydrogens (tertiary/aromatic N) is 1. The number of β-amino-alcohol motifs (C(OH)–C–C–N with tert-alkyl or cyclic N) is 1. The molecule has 3 unspecified atom stereocenters. The molecule has 2 N–H and O–H groups in total. The lowest BCUT2D eigenvalue weighted by molar-refractivity contribution is -0.153. The van der Waals surface area contributed by atoms with Crippen LogP contribution in [0.25, 0.3) is 0 Å². The summed E-state index contributed by atoms with van der Waals surface area (Å²) in [5, 5.41) is 12.7. The van der Waals surface area contributed by atoms with Crippen LogP contribution in [0.5, 0.6) is 0 Å². The zero-order chi connectivity index (χ0) is 20.8. The van der Waals surface area contributed by atoms with Gasteiger partial charge in [-0.2, -0.15) is 0 Å². The molecule has 4 fully saturated rings. The Morgan fingerprint density at radius 3 is 2.72 bits per heavy atom. The maximum atomic E-state index is 13.4. The molecule has 29 heavy (non-hydrogen) atoms. The molecule has 6 atom stereocenters. The highest BCUT2D eigenvalue weighted by Crippen LogP contribution is 2.67. The van der Waals surface area contributed by atoms with Gasteiger partial charge in [0.2, 0.25) is 11.8 Å². The van der Waals surface area contributed by atoms with Crippen LogP contribution in [0.15, 0.2) is 0 Å². The van der Waals surface area contributed by atoms with Crippen molar-refractivity contribution in [3.8, 4) is 0 Å². The van der Waals surface area contributed by atoms with Crippen LogP contribution in [0.3, 0.4) is 0 Å². The Labute approximate surface area is 183 Å². The van der Waals surface area contributed by atoms with Crippen molar-refractivity contribution in [1.82, 2.24) is 10.2 Å². The molecule has 0 aromatic rings. The number of fused-ring (bicyclic) bond motifs is 1. The molecule has 4 aliphatic rings. The van der Waals surface area contributed by atoms with Gasteiger partial charge in [-0.25, -0.2) is 0 Å². The van der Waals surface area contributed by atoms with Gasteiger partial charge in [-0.05, 0) is 26.2 Å². The number of ether oxygens (including phenoxy) is 1. The Bertz CT molecular complexity index is 688. The third kappa shape index (κ3) is 3.41. The topological polar surface area (TPSA) is 95.9 Å². The number of esters is 1. The first-order chi connectivity index (χ1) is 13.9. The number of carbonyl (C=O) groups excluding carboxylic acids is 3. The van der Waals surface area contributed by atoms with Gasteiger partial charge in [0.15, 0.2) is 0 Å². The summed E-state index contributed by atoms with van der Waals surface area (Å²) in [5.74, 6) is -1.82. The number of nitrogens with one attached hydrogen (secondary N) is 1. The van der Waals surface area contributed by atoms with Crippen LogP contribution in [0.1, 0.15) is 45.4 Å². The van der Waals surface area contributed by atoms with E-state index < -0.39 is 22.6 Å². The number of hydrogen-bond donors (Lipinski definition) is 2. The Hall–Kier alpha value is -0.800. The highest BCUT2D eigenvalue weighted by molar-refractivity contribution is 9.09. The molecule has 3 aliphatic heterocycles. The van der Waals surface area contributed by atoms with Gasteiger partial charge in [-0.15, -0.1) is 11.8 Å². The minimum atomic E-state index is -0.663. The molecule has 1 aliphatic carbocycles. The summed E-state index contributed by atoms with van der Waals surface area (Å²) >= 11 is 5.30. The molecular formula is C20H29BrN2O5S. The van der Waals surface area contributed by atoms with Gasteiger partial charge in [-0.3, -0.25) is 14.4 Å². The quantitative estimate of drug-likeness (QED) is 0.433. The minimum absolute atomic E-state index is 0.0463. The summed E-state index contributed by atoms with van der Waals surface area (Å²) in [5.41, 5.74) is 0. The molecule has 2 bridgehead atoms. The molecule has 9 heteroatoms. The summed E-state index contributed by atoms with van der Waals surface area (Å²) in [6.45, 7) is 1.92. The lowest BCUT2D eigenvalue weighted by Crippen LogP contribution is -2.56. The average Bonchev–Trinajstić information content (AvgIpc) is 3.27. The number of carbonyl (C=O) groups is 3. The van der Waals surface area contributed by atoms with Gasteiger partial charge < -0.3 is 20.1 Å². The number of amides is 2. The molecular weight excluding hydrogens is 460 g/mol.